The van der Waals surface area contributed by atoms with E-state index in [1.54, 1.807) is 6.07 Å². The van der Waals surface area contributed by atoms with Crippen LogP contribution in [0.2, 0.25) is 0 Å². The highest BCUT2D eigenvalue weighted by Crippen LogP contribution is 2.34. The first-order chi connectivity index (χ1) is 18.6. The average molecular weight is 549 g/mol. The number of β-amino-alcohol motifs (C(OH)–C–C–N with tert-alkyl or cyclic N) is 1. The first kappa shape index (κ1) is 27.5. The Kier molecular flexibility index (Phi) is 7.88. The van der Waals surface area contributed by atoms with Crippen LogP contribution in [-0.2, 0) is 4.74 Å². The van der Waals surface area contributed by atoms with Crippen LogP contribution in [0.3, 0.4) is 0 Å². The molecule has 3 atom stereocenters. The van der Waals surface area contributed by atoms with Crippen LogP contribution >= 0.6 is 0 Å². The second-order valence-corrected chi connectivity index (χ2v) is 10.7. The number of nitrogens with two attached hydrogens (primary N) is 1. The highest BCUT2D eigenvalue weighted by atomic mass is 19.4. The zero-order chi connectivity index (χ0) is 27.7. The molecule has 3 aliphatic heterocycles. The monoisotopic (exact) mass is 548 g/mol. The van der Waals surface area contributed by atoms with Crippen molar-refractivity contribution in [2.45, 2.75) is 38.1 Å². The Hall–Kier alpha value is -3.09. The van der Waals surface area contributed by atoms with Crippen LogP contribution in [-0.4, -0.2) is 91.8 Å². The first-order valence-corrected chi connectivity index (χ1v) is 13.3. The van der Waals surface area contributed by atoms with Gasteiger partial charge in [-0.05, 0) is 60.2 Å². The Morgan fingerprint density at radius 1 is 1.10 bits per heavy atom. The van der Waals surface area contributed by atoms with Gasteiger partial charge >= 0.3 is 12.2 Å². The number of likely N-dealkylation sites (tertiary alicyclic amines) is 1. The van der Waals surface area contributed by atoms with Crippen molar-refractivity contribution in [2.24, 2.45) is 11.7 Å². The number of hydrogen-bond acceptors (Lipinski definition) is 7. The van der Waals surface area contributed by atoms with Gasteiger partial charge in [0.25, 0.3) is 0 Å². The normalized spacial score (nSPS) is 23.9. The molecule has 1 unspecified atom stereocenters. The molecule has 2 aromatic rings. The average Bonchev–Trinajstić information content (AvgIpc) is 3.50. The Morgan fingerprint density at radius 2 is 1.82 bits per heavy atom. The summed E-state index contributed by atoms with van der Waals surface area (Å²) in [6.45, 7) is 5.87. The minimum absolute atomic E-state index is 0.0878. The molecule has 0 saturated carbocycles. The van der Waals surface area contributed by atoms with Crippen molar-refractivity contribution < 1.29 is 27.8 Å². The van der Waals surface area contributed by atoms with E-state index in [0.29, 0.717) is 63.9 Å². The molecule has 9 nitrogen and oxygen atoms in total. The van der Waals surface area contributed by atoms with Crippen molar-refractivity contribution in [3.8, 4) is 11.1 Å². The SMILES string of the molecule is Cc1ccc(NC(=O)N2CCC(CC(F)(F)F)C2)cc1-c1cc(N2CCOCC2)nc(N2C[C@H](N)[C@@H](O)C2)c1. The lowest BCUT2D eigenvalue weighted by Crippen LogP contribution is -2.37. The van der Waals surface area contributed by atoms with E-state index < -0.39 is 30.7 Å². The molecule has 3 fully saturated rings. The molecule has 0 aliphatic carbocycles. The fraction of sp³-hybridized carbons (Fsp3) is 0.556. The molecule has 4 N–H and O–H groups in total. The van der Waals surface area contributed by atoms with Gasteiger partial charge in [-0.2, -0.15) is 13.2 Å². The lowest BCUT2D eigenvalue weighted by atomic mass is 10.00. The van der Waals surface area contributed by atoms with Crippen LogP contribution in [0.5, 0.6) is 0 Å². The Bertz CT molecular complexity index is 1180. The number of anilines is 3. The van der Waals surface area contributed by atoms with Crippen LogP contribution in [0.4, 0.5) is 35.3 Å². The fourth-order valence-electron chi connectivity index (χ4n) is 5.50. The van der Waals surface area contributed by atoms with Crippen molar-refractivity contribution in [2.75, 3.05) is 67.6 Å². The summed E-state index contributed by atoms with van der Waals surface area (Å²) in [5.74, 6) is 0.931. The largest absolute Gasteiger partial charge is 0.390 e. The summed E-state index contributed by atoms with van der Waals surface area (Å²) in [7, 11) is 0. The van der Waals surface area contributed by atoms with Gasteiger partial charge in [0.15, 0.2) is 0 Å². The predicted molar refractivity (Wildman–Crippen MR) is 143 cm³/mol. The fourth-order valence-corrected chi connectivity index (χ4v) is 5.50. The van der Waals surface area contributed by atoms with Crippen molar-refractivity contribution >= 4 is 23.4 Å². The zero-order valence-corrected chi connectivity index (χ0v) is 22.0. The van der Waals surface area contributed by atoms with Gasteiger partial charge in [-0.15, -0.1) is 0 Å². The molecule has 5 rings (SSSR count). The molecule has 3 aliphatic rings. The number of halogens is 3. The van der Waals surface area contributed by atoms with Gasteiger partial charge < -0.3 is 35.6 Å². The number of amides is 2. The van der Waals surface area contributed by atoms with Gasteiger partial charge in [-0.25, -0.2) is 9.78 Å². The number of aliphatic hydroxyl groups is 1. The number of urea groups is 1. The standard InChI is InChI=1S/C27H35F3N6O3/c1-17-2-3-20(32-26(38)35-5-4-18(14-35)13-27(28,29)30)12-21(17)19-10-24(34-6-8-39-9-7-34)33-25(11-19)36-15-22(31)23(37)16-36/h2-3,10-12,18,22-23,37H,4-9,13-16,31H2,1H3,(H,32,38)/t18?,22-,23-/m0/s1. The summed E-state index contributed by atoms with van der Waals surface area (Å²) in [6, 6.07) is 8.79. The maximum Gasteiger partial charge on any atom is 0.389 e. The number of carbonyl (C=O) groups excluding carboxylic acids is 1. The van der Waals surface area contributed by atoms with E-state index in [9.17, 15) is 23.1 Å². The Labute approximate surface area is 225 Å². The maximum absolute atomic E-state index is 12.9. The lowest BCUT2D eigenvalue weighted by Gasteiger charge is -2.29. The van der Waals surface area contributed by atoms with Crippen LogP contribution in [0.15, 0.2) is 30.3 Å². The molecule has 1 aromatic heterocycles. The van der Waals surface area contributed by atoms with Crippen LogP contribution in [0.25, 0.3) is 11.1 Å². The quantitative estimate of drug-likeness (QED) is 0.527. The molecule has 0 spiro atoms. The summed E-state index contributed by atoms with van der Waals surface area (Å²) in [5.41, 5.74) is 9.41. The first-order valence-electron chi connectivity index (χ1n) is 13.3. The number of nitrogens with one attached hydrogen (secondary N) is 1. The Balaban J connectivity index is 1.39. The number of ether oxygens (including phenoxy) is 1. The summed E-state index contributed by atoms with van der Waals surface area (Å²) in [4.78, 5) is 23.3. The molecule has 4 heterocycles. The van der Waals surface area contributed by atoms with Gasteiger partial charge in [0.2, 0.25) is 0 Å². The molecule has 1 aromatic carbocycles. The number of alkyl halides is 3. The molecule has 0 bridgehead atoms. The van der Waals surface area contributed by atoms with E-state index in [0.717, 1.165) is 22.5 Å². The van der Waals surface area contributed by atoms with Crippen molar-refractivity contribution in [1.82, 2.24) is 9.88 Å². The Morgan fingerprint density at radius 3 is 2.49 bits per heavy atom. The number of pyridine rings is 1. The third-order valence-corrected chi connectivity index (χ3v) is 7.68. The molecule has 0 radical (unpaired) electrons. The number of nitrogens with zero attached hydrogens (tertiary/aromatic N) is 4. The van der Waals surface area contributed by atoms with Gasteiger partial charge in [0.05, 0.1) is 19.3 Å². The summed E-state index contributed by atoms with van der Waals surface area (Å²) >= 11 is 0. The highest BCUT2D eigenvalue weighted by Gasteiger charge is 2.36. The van der Waals surface area contributed by atoms with Gasteiger partial charge in [0, 0.05) is 57.4 Å². The van der Waals surface area contributed by atoms with E-state index in [1.165, 1.54) is 4.90 Å². The lowest BCUT2D eigenvalue weighted by molar-refractivity contribution is -0.143. The van der Waals surface area contributed by atoms with Gasteiger partial charge in [-0.3, -0.25) is 0 Å². The molecular weight excluding hydrogens is 513 g/mol. The number of rotatable bonds is 5. The third-order valence-electron chi connectivity index (χ3n) is 7.68. The van der Waals surface area contributed by atoms with Gasteiger partial charge in [0.1, 0.15) is 11.6 Å². The van der Waals surface area contributed by atoms with Crippen LogP contribution in [0, 0.1) is 12.8 Å². The third kappa shape index (κ3) is 6.56. The smallest absolute Gasteiger partial charge is 0.389 e. The van der Waals surface area contributed by atoms with E-state index in [1.807, 2.05) is 36.1 Å². The number of aliphatic hydroxyl groups excluding tert-OH is 1. The van der Waals surface area contributed by atoms with Crippen molar-refractivity contribution in [1.29, 1.82) is 0 Å². The molecule has 212 valence electrons. The van der Waals surface area contributed by atoms with Crippen molar-refractivity contribution in [3.05, 3.63) is 35.9 Å². The number of benzene rings is 1. The van der Waals surface area contributed by atoms with Gasteiger partial charge in [-0.1, -0.05) is 6.07 Å². The zero-order valence-electron chi connectivity index (χ0n) is 22.0. The summed E-state index contributed by atoms with van der Waals surface area (Å²) < 4.78 is 43.9. The maximum atomic E-state index is 12.9. The number of aromatic nitrogens is 1. The summed E-state index contributed by atoms with van der Waals surface area (Å²) in [5, 5.41) is 13.1. The molecule has 12 heteroatoms. The van der Waals surface area contributed by atoms with E-state index in [4.69, 9.17) is 15.5 Å². The molecule has 3 saturated heterocycles. The predicted octanol–water partition coefficient (Wildman–Crippen LogP) is 3.21. The molecule has 2 amide bonds. The number of aryl methyl sites for hydroxylation is 1. The highest BCUT2D eigenvalue weighted by molar-refractivity contribution is 5.91. The minimum Gasteiger partial charge on any atom is -0.390 e. The van der Waals surface area contributed by atoms with E-state index in [2.05, 4.69) is 10.2 Å². The minimum atomic E-state index is -4.23. The van der Waals surface area contributed by atoms with E-state index >= 15 is 0 Å². The van der Waals surface area contributed by atoms with E-state index in [-0.39, 0.29) is 12.6 Å². The number of morpholine rings is 1. The molecule has 39 heavy (non-hydrogen) atoms. The van der Waals surface area contributed by atoms with Crippen LogP contribution in [0.1, 0.15) is 18.4 Å². The summed E-state index contributed by atoms with van der Waals surface area (Å²) in [6.07, 6.45) is -5.40. The van der Waals surface area contributed by atoms with Crippen molar-refractivity contribution in [3.63, 3.8) is 0 Å². The molecular formula is C27H35F3N6O3. The number of hydrogen-bond donors (Lipinski definition) is 3. The number of carbonyl (C=O) groups is 1. The van der Waals surface area contributed by atoms with Crippen LogP contribution < -0.4 is 20.9 Å². The second kappa shape index (κ2) is 11.2. The topological polar surface area (TPSA) is 107 Å². The second-order valence-electron chi connectivity index (χ2n) is 10.7.